The van der Waals surface area contributed by atoms with Crippen molar-refractivity contribution >= 4 is 19.8 Å². The largest absolute Gasteiger partial charge is 0.472 e. The highest BCUT2D eigenvalue weighted by Crippen LogP contribution is 2.43. The third-order valence-corrected chi connectivity index (χ3v) is 11.4. The number of phosphoric ester groups is 1. The van der Waals surface area contributed by atoms with Gasteiger partial charge >= 0.3 is 19.8 Å². The number of likely N-dealkylation sites (N-methyl/N-ethyl adjacent to an activating group) is 1. The quantitative estimate of drug-likeness (QED) is 0.0267. The van der Waals surface area contributed by atoms with Crippen LogP contribution in [-0.4, -0.2) is 56.3 Å². The monoisotopic (exact) mass is 866 g/mol. The number of allylic oxidation sites excluding steroid dienone is 8. The minimum Gasteiger partial charge on any atom is -0.462 e. The molecule has 0 aromatic carbocycles. The van der Waals surface area contributed by atoms with Gasteiger partial charge in [0.1, 0.15) is 6.61 Å². The van der Waals surface area contributed by atoms with E-state index in [0.717, 1.165) is 57.8 Å². The van der Waals surface area contributed by atoms with Crippen LogP contribution in [0.5, 0.6) is 0 Å². The maximum absolute atomic E-state index is 12.7. The molecule has 60 heavy (non-hydrogen) atoms. The van der Waals surface area contributed by atoms with E-state index in [-0.39, 0.29) is 32.0 Å². The van der Waals surface area contributed by atoms with Crippen molar-refractivity contribution in [3.8, 4) is 0 Å². The Morgan fingerprint density at radius 3 is 1.37 bits per heavy atom. The van der Waals surface area contributed by atoms with E-state index in [1.54, 1.807) is 7.05 Å². The summed E-state index contributed by atoms with van der Waals surface area (Å²) >= 11 is 0. The van der Waals surface area contributed by atoms with Gasteiger partial charge in [-0.2, -0.15) is 0 Å². The Hall–Kier alpha value is -2.03. The summed E-state index contributed by atoms with van der Waals surface area (Å²) < 4.78 is 33.3. The highest BCUT2D eigenvalue weighted by atomic mass is 31.2. The predicted molar refractivity (Wildman–Crippen MR) is 252 cm³/mol. The zero-order valence-corrected chi connectivity index (χ0v) is 39.8. The van der Waals surface area contributed by atoms with Crippen LogP contribution in [0.4, 0.5) is 0 Å². The Kier molecular flexibility index (Phi) is 44.9. The molecule has 9 nitrogen and oxygen atoms in total. The van der Waals surface area contributed by atoms with Gasteiger partial charge in [0.15, 0.2) is 6.10 Å². The van der Waals surface area contributed by atoms with Gasteiger partial charge in [-0.05, 0) is 64.8 Å². The van der Waals surface area contributed by atoms with Gasteiger partial charge in [-0.25, -0.2) is 4.57 Å². The van der Waals surface area contributed by atoms with Crippen molar-refractivity contribution in [2.45, 2.75) is 225 Å². The third-order valence-electron chi connectivity index (χ3n) is 10.5. The molecule has 0 radical (unpaired) electrons. The van der Waals surface area contributed by atoms with Crippen LogP contribution in [0.15, 0.2) is 48.6 Å². The molecule has 2 unspecified atom stereocenters. The second-order valence-corrected chi connectivity index (χ2v) is 17.8. The molecule has 0 fully saturated rings. The SMILES string of the molecule is CCCCC/C=C\C/C=C\C/C=C\C/C=C\CCCCCC(=O)OC(COC(=O)CCCCCCCCCCCCCCCCCCCCC)COP(=O)(O)OCCNC. The molecule has 0 amide bonds. The summed E-state index contributed by atoms with van der Waals surface area (Å²) in [7, 11) is -2.66. The van der Waals surface area contributed by atoms with E-state index >= 15 is 0 Å². The van der Waals surface area contributed by atoms with E-state index in [1.807, 2.05) is 0 Å². The molecule has 0 spiro atoms. The lowest BCUT2D eigenvalue weighted by molar-refractivity contribution is -0.161. The molecule has 0 rings (SSSR count). The highest BCUT2D eigenvalue weighted by Gasteiger charge is 2.26. The van der Waals surface area contributed by atoms with Crippen LogP contribution >= 0.6 is 7.82 Å². The Balaban J connectivity index is 4.19. The lowest BCUT2D eigenvalue weighted by Crippen LogP contribution is -2.29. The molecule has 350 valence electrons. The summed E-state index contributed by atoms with van der Waals surface area (Å²) in [5, 5.41) is 2.83. The molecule has 0 aliphatic rings. The first kappa shape index (κ1) is 58.0. The van der Waals surface area contributed by atoms with Gasteiger partial charge in [0.25, 0.3) is 0 Å². The van der Waals surface area contributed by atoms with Crippen molar-refractivity contribution in [2.75, 3.05) is 33.4 Å². The minimum atomic E-state index is -4.36. The van der Waals surface area contributed by atoms with Gasteiger partial charge in [0.05, 0.1) is 13.2 Å². The zero-order valence-electron chi connectivity index (χ0n) is 38.9. The number of rotatable bonds is 46. The number of phosphoric acid groups is 1. The first-order chi connectivity index (χ1) is 29.3. The Morgan fingerprint density at radius 1 is 0.517 bits per heavy atom. The fourth-order valence-electron chi connectivity index (χ4n) is 6.71. The van der Waals surface area contributed by atoms with E-state index in [0.29, 0.717) is 13.0 Å². The van der Waals surface area contributed by atoms with Crippen molar-refractivity contribution in [3.05, 3.63) is 48.6 Å². The van der Waals surface area contributed by atoms with Crippen LogP contribution < -0.4 is 5.32 Å². The standard InChI is InChI=1S/C50H92NO8P/c1-4-6-8-10-12-14-16-18-20-22-24-26-28-30-32-34-36-38-40-42-49(52)56-46-48(47-58-60(54,55)57-45-44-51-3)59-50(53)43-41-39-37-35-33-31-29-27-25-23-21-19-17-15-13-11-9-7-5-2/h13,15,19,21,25,27,31,33,48,51H,4-12,14,16-18,20,22-24,26,28-30,32,34-47H2,1-3H3,(H,54,55)/b15-13-,21-19-,27-25-,33-31-. The van der Waals surface area contributed by atoms with Crippen LogP contribution in [-0.2, 0) is 32.7 Å². The average molecular weight is 866 g/mol. The van der Waals surface area contributed by atoms with E-state index < -0.39 is 26.5 Å². The lowest BCUT2D eigenvalue weighted by Gasteiger charge is -2.20. The number of unbranched alkanes of at least 4 members (excludes halogenated alkanes) is 24. The number of hydrogen-bond acceptors (Lipinski definition) is 8. The average Bonchev–Trinajstić information content (AvgIpc) is 3.23. The maximum Gasteiger partial charge on any atom is 0.472 e. The summed E-state index contributed by atoms with van der Waals surface area (Å²) in [5.41, 5.74) is 0. The minimum absolute atomic E-state index is 0.0236. The Labute approximate surface area is 369 Å². The van der Waals surface area contributed by atoms with Crippen molar-refractivity contribution in [1.29, 1.82) is 0 Å². The molecule has 10 heteroatoms. The molecule has 0 aliphatic carbocycles. The van der Waals surface area contributed by atoms with Crippen LogP contribution in [0.2, 0.25) is 0 Å². The van der Waals surface area contributed by atoms with Crippen molar-refractivity contribution in [3.63, 3.8) is 0 Å². The summed E-state index contributed by atoms with van der Waals surface area (Å²) in [6.07, 6.45) is 53.0. The molecule has 0 heterocycles. The molecule has 2 atom stereocenters. The number of carbonyl (C=O) groups is 2. The molecule has 0 saturated carbocycles. The van der Waals surface area contributed by atoms with Gasteiger partial charge in [-0.1, -0.05) is 197 Å². The van der Waals surface area contributed by atoms with Crippen LogP contribution in [0.3, 0.4) is 0 Å². The van der Waals surface area contributed by atoms with Crippen molar-refractivity contribution < 1.29 is 37.6 Å². The predicted octanol–water partition coefficient (Wildman–Crippen LogP) is 14.5. The third kappa shape index (κ3) is 45.5. The smallest absolute Gasteiger partial charge is 0.462 e. The zero-order chi connectivity index (χ0) is 43.9. The molecule has 0 aromatic rings. The molecule has 0 saturated heterocycles. The Bertz CT molecular complexity index is 1120. The number of ether oxygens (including phenoxy) is 2. The number of esters is 2. The van der Waals surface area contributed by atoms with Gasteiger partial charge in [0.2, 0.25) is 0 Å². The Morgan fingerprint density at radius 2 is 0.900 bits per heavy atom. The summed E-state index contributed by atoms with van der Waals surface area (Å²) in [5.74, 6) is -0.836. The highest BCUT2D eigenvalue weighted by molar-refractivity contribution is 7.47. The van der Waals surface area contributed by atoms with E-state index in [9.17, 15) is 19.0 Å². The molecule has 0 aliphatic heterocycles. The fourth-order valence-corrected chi connectivity index (χ4v) is 7.46. The first-order valence-electron chi connectivity index (χ1n) is 24.6. The van der Waals surface area contributed by atoms with Crippen molar-refractivity contribution in [2.24, 2.45) is 0 Å². The topological polar surface area (TPSA) is 120 Å². The fraction of sp³-hybridized carbons (Fsp3) is 0.800. The number of nitrogens with one attached hydrogen (secondary N) is 1. The summed E-state index contributed by atoms with van der Waals surface area (Å²) in [6, 6.07) is 0. The number of carbonyl (C=O) groups excluding carboxylic acids is 2. The summed E-state index contributed by atoms with van der Waals surface area (Å²) in [6.45, 7) is 4.19. The normalized spacial score (nSPS) is 13.6. The molecule has 0 aromatic heterocycles. The van der Waals surface area contributed by atoms with E-state index in [1.165, 1.54) is 128 Å². The van der Waals surface area contributed by atoms with Gasteiger partial charge in [0, 0.05) is 19.4 Å². The first-order valence-corrected chi connectivity index (χ1v) is 26.1. The molecule has 2 N–H and O–H groups in total. The summed E-state index contributed by atoms with van der Waals surface area (Å²) in [4.78, 5) is 35.2. The molecule has 0 bridgehead atoms. The van der Waals surface area contributed by atoms with Gasteiger partial charge in [-0.3, -0.25) is 18.6 Å². The van der Waals surface area contributed by atoms with Crippen LogP contribution in [0.25, 0.3) is 0 Å². The van der Waals surface area contributed by atoms with E-state index in [4.69, 9.17) is 18.5 Å². The van der Waals surface area contributed by atoms with Crippen molar-refractivity contribution in [1.82, 2.24) is 5.32 Å². The molecular formula is C50H92NO8P. The second kappa shape index (κ2) is 46.5. The second-order valence-electron chi connectivity index (χ2n) is 16.3. The maximum atomic E-state index is 12.7. The van der Waals surface area contributed by atoms with Crippen LogP contribution in [0, 0.1) is 0 Å². The van der Waals surface area contributed by atoms with Gasteiger partial charge < -0.3 is 19.7 Å². The van der Waals surface area contributed by atoms with Crippen LogP contribution in [0.1, 0.15) is 219 Å². The molecular weight excluding hydrogens is 774 g/mol. The lowest BCUT2D eigenvalue weighted by atomic mass is 10.0. The number of hydrogen-bond donors (Lipinski definition) is 2. The van der Waals surface area contributed by atoms with E-state index in [2.05, 4.69) is 67.8 Å². The van der Waals surface area contributed by atoms with Gasteiger partial charge in [-0.15, -0.1) is 0 Å².